The Balaban J connectivity index is 1.80. The monoisotopic (exact) mass is 425 g/mol. The Labute approximate surface area is 183 Å². The van der Waals surface area contributed by atoms with Gasteiger partial charge in [0.2, 0.25) is 0 Å². The second-order valence-corrected chi connectivity index (χ2v) is 8.29. The van der Waals surface area contributed by atoms with Crippen LogP contribution in [0.15, 0.2) is 54.6 Å². The average Bonchev–Trinajstić information content (AvgIpc) is 2.79. The number of carboxylic acid groups (broad SMARTS) is 1. The Morgan fingerprint density at radius 3 is 2.48 bits per heavy atom. The number of amides is 1. The molecule has 0 aliphatic carbocycles. The number of carbonyl (C=O) groups is 2. The van der Waals surface area contributed by atoms with Gasteiger partial charge in [0.15, 0.2) is 0 Å². The van der Waals surface area contributed by atoms with Crippen LogP contribution in [-0.4, -0.2) is 35.4 Å². The van der Waals surface area contributed by atoms with Gasteiger partial charge in [0, 0.05) is 0 Å². The van der Waals surface area contributed by atoms with Crippen molar-refractivity contribution < 1.29 is 24.2 Å². The maximum atomic E-state index is 12.6. The van der Waals surface area contributed by atoms with E-state index in [1.165, 1.54) is 11.1 Å². The van der Waals surface area contributed by atoms with Gasteiger partial charge in [-0.05, 0) is 50.2 Å². The number of cyclic esters (lactones) is 1. The number of rotatable bonds is 6. The van der Waals surface area contributed by atoms with Crippen molar-refractivity contribution in [1.29, 1.82) is 0 Å². The zero-order valence-corrected chi connectivity index (χ0v) is 18.1. The Morgan fingerprint density at radius 2 is 1.81 bits per heavy atom. The number of carbonyl (C=O) groups excluding carboxylic acids is 1. The Hall–Kier alpha value is -2.86. The minimum atomic E-state index is -1.22. The van der Waals surface area contributed by atoms with E-state index in [0.717, 1.165) is 18.4 Å². The van der Waals surface area contributed by atoms with Crippen molar-refractivity contribution in [3.05, 3.63) is 71.3 Å². The van der Waals surface area contributed by atoms with Crippen LogP contribution < -0.4 is 5.32 Å². The van der Waals surface area contributed by atoms with Gasteiger partial charge in [0.1, 0.15) is 12.1 Å². The third kappa shape index (κ3) is 6.82. The number of hydrogen-bond donors (Lipinski definition) is 2. The van der Waals surface area contributed by atoms with Crippen LogP contribution in [0.3, 0.4) is 0 Å². The summed E-state index contributed by atoms with van der Waals surface area (Å²) < 4.78 is 12.0. The lowest BCUT2D eigenvalue weighted by Gasteiger charge is -2.31. The SMILES string of the molecule is Cc1ccc(C[C@H]2CCC[C@H](NC(=O)O)C(=O)O[C@@H](C)[C@@H]2OCc2ccccc2)cc1. The lowest BCUT2D eigenvalue weighted by atomic mass is 9.86. The van der Waals surface area contributed by atoms with Crippen molar-refractivity contribution in [2.45, 2.75) is 64.4 Å². The van der Waals surface area contributed by atoms with Crippen LogP contribution in [0.1, 0.15) is 42.9 Å². The van der Waals surface area contributed by atoms with E-state index < -0.39 is 24.2 Å². The highest BCUT2D eigenvalue weighted by atomic mass is 16.6. The van der Waals surface area contributed by atoms with Gasteiger partial charge in [-0.15, -0.1) is 0 Å². The predicted molar refractivity (Wildman–Crippen MR) is 118 cm³/mol. The first-order valence-corrected chi connectivity index (χ1v) is 10.8. The molecule has 1 heterocycles. The van der Waals surface area contributed by atoms with Gasteiger partial charge < -0.3 is 19.9 Å². The van der Waals surface area contributed by atoms with Crippen molar-refractivity contribution in [2.75, 3.05) is 0 Å². The topological polar surface area (TPSA) is 84.9 Å². The Morgan fingerprint density at radius 1 is 1.10 bits per heavy atom. The molecule has 0 radical (unpaired) electrons. The van der Waals surface area contributed by atoms with Crippen molar-refractivity contribution >= 4 is 12.1 Å². The second kappa shape index (κ2) is 11.0. The molecule has 6 heteroatoms. The first kappa shape index (κ1) is 22.8. The first-order chi connectivity index (χ1) is 14.9. The molecule has 2 aromatic rings. The van der Waals surface area contributed by atoms with Gasteiger partial charge in [-0.1, -0.05) is 66.6 Å². The van der Waals surface area contributed by atoms with Gasteiger partial charge >= 0.3 is 12.1 Å². The molecule has 1 fully saturated rings. The summed E-state index contributed by atoms with van der Waals surface area (Å²) in [5, 5.41) is 11.4. The maximum Gasteiger partial charge on any atom is 0.405 e. The van der Waals surface area contributed by atoms with Crippen molar-refractivity contribution in [3.8, 4) is 0 Å². The second-order valence-electron chi connectivity index (χ2n) is 8.29. The van der Waals surface area contributed by atoms with E-state index in [9.17, 15) is 9.59 Å². The quantitative estimate of drug-likeness (QED) is 0.666. The molecule has 0 aromatic heterocycles. The molecule has 4 atom stereocenters. The van der Waals surface area contributed by atoms with E-state index in [1.807, 2.05) is 37.3 Å². The summed E-state index contributed by atoms with van der Waals surface area (Å²) in [6.45, 7) is 4.32. The third-order valence-electron chi connectivity index (χ3n) is 5.78. The molecular formula is C25H31NO5. The van der Waals surface area contributed by atoms with Crippen molar-refractivity contribution in [2.24, 2.45) is 5.92 Å². The van der Waals surface area contributed by atoms with Gasteiger partial charge in [-0.2, -0.15) is 0 Å². The maximum absolute atomic E-state index is 12.6. The van der Waals surface area contributed by atoms with Crippen LogP contribution in [-0.2, 0) is 27.3 Å². The molecule has 2 N–H and O–H groups in total. The molecule has 166 valence electrons. The molecule has 0 spiro atoms. The molecule has 2 aromatic carbocycles. The van der Waals surface area contributed by atoms with E-state index in [-0.39, 0.29) is 12.0 Å². The molecule has 3 rings (SSSR count). The number of nitrogens with one attached hydrogen (secondary N) is 1. The van der Waals surface area contributed by atoms with Crippen LogP contribution in [0.2, 0.25) is 0 Å². The molecule has 1 aliphatic rings. The smallest absolute Gasteiger partial charge is 0.405 e. The van der Waals surface area contributed by atoms with E-state index in [4.69, 9.17) is 14.6 Å². The lowest BCUT2D eigenvalue weighted by Crippen LogP contribution is -2.44. The number of esters is 1. The van der Waals surface area contributed by atoms with Crippen molar-refractivity contribution in [1.82, 2.24) is 5.32 Å². The molecule has 1 aliphatic heterocycles. The lowest BCUT2D eigenvalue weighted by molar-refractivity contribution is -0.161. The Bertz CT molecular complexity index is 852. The van der Waals surface area contributed by atoms with Crippen LogP contribution in [0, 0.1) is 12.8 Å². The summed E-state index contributed by atoms with van der Waals surface area (Å²) in [6, 6.07) is 17.5. The van der Waals surface area contributed by atoms with Gasteiger partial charge in [-0.3, -0.25) is 0 Å². The summed E-state index contributed by atoms with van der Waals surface area (Å²) in [5.41, 5.74) is 3.47. The standard InChI is InChI=1S/C25H31NO5/c1-17-11-13-19(14-12-17)15-21-9-6-10-22(26-25(28)29)24(27)31-18(2)23(21)30-16-20-7-4-3-5-8-20/h3-5,7-8,11-14,18,21-23,26H,6,9-10,15-16H2,1-2H3,(H,28,29)/t18-,21+,22-,23-/m0/s1. The van der Waals surface area contributed by atoms with Gasteiger partial charge in [-0.25, -0.2) is 9.59 Å². The average molecular weight is 426 g/mol. The van der Waals surface area contributed by atoms with Crippen LogP contribution in [0.25, 0.3) is 0 Å². The molecular weight excluding hydrogens is 394 g/mol. The summed E-state index contributed by atoms with van der Waals surface area (Å²) in [7, 11) is 0. The minimum Gasteiger partial charge on any atom is -0.465 e. The number of benzene rings is 2. The predicted octanol–water partition coefficient (Wildman–Crippen LogP) is 4.49. The zero-order valence-electron chi connectivity index (χ0n) is 18.1. The fourth-order valence-electron chi connectivity index (χ4n) is 4.15. The minimum absolute atomic E-state index is 0.137. The summed E-state index contributed by atoms with van der Waals surface area (Å²) in [5.74, 6) is -0.406. The fourth-order valence-corrected chi connectivity index (χ4v) is 4.15. The number of aryl methyl sites for hydroxylation is 1. The molecule has 6 nitrogen and oxygen atoms in total. The highest BCUT2D eigenvalue weighted by Crippen LogP contribution is 2.28. The van der Waals surface area contributed by atoms with E-state index in [2.05, 4.69) is 36.5 Å². The third-order valence-corrected chi connectivity index (χ3v) is 5.78. The van der Waals surface area contributed by atoms with Gasteiger partial charge in [0.25, 0.3) is 0 Å². The molecule has 31 heavy (non-hydrogen) atoms. The summed E-state index contributed by atoms with van der Waals surface area (Å²) >= 11 is 0. The highest BCUT2D eigenvalue weighted by Gasteiger charge is 2.35. The summed E-state index contributed by atoms with van der Waals surface area (Å²) in [4.78, 5) is 23.7. The van der Waals surface area contributed by atoms with E-state index in [1.54, 1.807) is 0 Å². The Kier molecular flexibility index (Phi) is 8.06. The normalized spacial score (nSPS) is 24.4. The highest BCUT2D eigenvalue weighted by molar-refractivity contribution is 5.80. The zero-order chi connectivity index (χ0) is 22.2. The van der Waals surface area contributed by atoms with Crippen molar-refractivity contribution in [3.63, 3.8) is 0 Å². The largest absolute Gasteiger partial charge is 0.465 e. The molecule has 0 saturated carbocycles. The van der Waals surface area contributed by atoms with Gasteiger partial charge in [0.05, 0.1) is 12.7 Å². The van der Waals surface area contributed by atoms with E-state index >= 15 is 0 Å². The molecule has 0 bridgehead atoms. The van der Waals surface area contributed by atoms with Crippen LogP contribution in [0.4, 0.5) is 4.79 Å². The molecule has 1 saturated heterocycles. The number of hydrogen-bond acceptors (Lipinski definition) is 4. The van der Waals surface area contributed by atoms with Crippen LogP contribution >= 0.6 is 0 Å². The van der Waals surface area contributed by atoms with Crippen LogP contribution in [0.5, 0.6) is 0 Å². The fraction of sp³-hybridized carbons (Fsp3) is 0.440. The molecule has 0 unspecified atom stereocenters. The summed E-state index contributed by atoms with van der Waals surface area (Å²) in [6.07, 6.45) is 0.714. The molecule has 1 amide bonds. The van der Waals surface area contributed by atoms with E-state index in [0.29, 0.717) is 19.4 Å². The number of ether oxygens (including phenoxy) is 2. The first-order valence-electron chi connectivity index (χ1n) is 10.8.